The van der Waals surface area contributed by atoms with E-state index in [1.807, 2.05) is 48.5 Å². The smallest absolute Gasteiger partial charge is 0.273 e. The van der Waals surface area contributed by atoms with Gasteiger partial charge in [-0.05, 0) is 52.8 Å². The van der Waals surface area contributed by atoms with Crippen LogP contribution in [0.1, 0.15) is 15.9 Å². The van der Waals surface area contributed by atoms with Crippen molar-refractivity contribution in [3.63, 3.8) is 0 Å². The molecule has 0 unspecified atom stereocenters. The van der Waals surface area contributed by atoms with Crippen LogP contribution >= 0.6 is 12.2 Å². The highest BCUT2D eigenvalue weighted by Gasteiger charge is 2.12. The number of carbonyl (C=O) groups excluding carboxylic acids is 1. The van der Waals surface area contributed by atoms with Gasteiger partial charge in [-0.1, -0.05) is 36.4 Å². The summed E-state index contributed by atoms with van der Waals surface area (Å²) >= 11 is 5.16. The fraction of sp³-hybridized carbons (Fsp3) is 0.100. The molecule has 0 bridgehead atoms. The molecule has 6 nitrogen and oxygen atoms in total. The molecule has 0 fully saturated rings. The van der Waals surface area contributed by atoms with Gasteiger partial charge in [-0.2, -0.15) is 0 Å². The van der Waals surface area contributed by atoms with Crippen LogP contribution in [0.25, 0.3) is 10.8 Å². The number of methoxy groups -OCH3 is 1. The summed E-state index contributed by atoms with van der Waals surface area (Å²) in [7, 11) is 1.61. The summed E-state index contributed by atoms with van der Waals surface area (Å²) < 4.78 is 5.11. The number of phenols is 1. The summed E-state index contributed by atoms with van der Waals surface area (Å²) in [5.74, 6) is 0.207. The van der Waals surface area contributed by atoms with Gasteiger partial charge in [-0.3, -0.25) is 15.6 Å². The maximum Gasteiger partial charge on any atom is 0.273 e. The van der Waals surface area contributed by atoms with Crippen LogP contribution in [0.4, 0.5) is 0 Å². The molecule has 138 valence electrons. The Hall–Kier alpha value is -3.32. The normalized spacial score (nSPS) is 10.3. The fourth-order valence-corrected chi connectivity index (χ4v) is 2.68. The van der Waals surface area contributed by atoms with Gasteiger partial charge >= 0.3 is 0 Å². The van der Waals surface area contributed by atoms with E-state index in [-0.39, 0.29) is 16.4 Å². The Balaban J connectivity index is 1.55. The van der Waals surface area contributed by atoms with E-state index in [1.54, 1.807) is 19.2 Å². The predicted octanol–water partition coefficient (Wildman–Crippen LogP) is 2.86. The summed E-state index contributed by atoms with van der Waals surface area (Å²) in [6, 6.07) is 18.2. The van der Waals surface area contributed by atoms with Gasteiger partial charge in [0.2, 0.25) is 0 Å². The molecule has 0 saturated carbocycles. The maximum absolute atomic E-state index is 12.3. The number of benzene rings is 3. The van der Waals surface area contributed by atoms with Gasteiger partial charge < -0.3 is 15.2 Å². The average Bonchev–Trinajstić information content (AvgIpc) is 2.70. The molecule has 27 heavy (non-hydrogen) atoms. The molecule has 3 aromatic carbocycles. The minimum atomic E-state index is -0.480. The minimum Gasteiger partial charge on any atom is -0.507 e. The van der Waals surface area contributed by atoms with Gasteiger partial charge in [0.25, 0.3) is 5.91 Å². The lowest BCUT2D eigenvalue weighted by atomic mass is 10.1. The molecular formula is C20H19N3O3S. The Morgan fingerprint density at radius 3 is 2.37 bits per heavy atom. The molecule has 0 aromatic heterocycles. The third-order valence-corrected chi connectivity index (χ3v) is 4.26. The number of fused-ring (bicyclic) bond motifs is 1. The minimum absolute atomic E-state index is 0.0925. The van der Waals surface area contributed by atoms with Crippen molar-refractivity contribution in [3.8, 4) is 11.5 Å². The molecule has 4 N–H and O–H groups in total. The lowest BCUT2D eigenvalue weighted by Crippen LogP contribution is -2.46. The fourth-order valence-electron chi connectivity index (χ4n) is 2.56. The highest BCUT2D eigenvalue weighted by Crippen LogP contribution is 2.24. The Morgan fingerprint density at radius 1 is 1.04 bits per heavy atom. The number of aromatic hydroxyl groups is 1. The SMILES string of the molecule is COc1ccc(CNC(=S)NNC(=O)c2cc3ccccc3cc2O)cc1. The number of hydrazine groups is 1. The monoisotopic (exact) mass is 381 g/mol. The maximum atomic E-state index is 12.3. The quantitative estimate of drug-likeness (QED) is 0.411. The number of ether oxygens (including phenoxy) is 1. The molecule has 3 aromatic rings. The third kappa shape index (κ3) is 4.65. The highest BCUT2D eigenvalue weighted by atomic mass is 32.1. The standard InChI is InChI=1S/C20H19N3O3S/c1-26-16-8-6-13(7-9-16)12-21-20(27)23-22-19(25)17-10-14-4-2-3-5-15(14)11-18(17)24/h2-11,24H,12H2,1H3,(H,22,25)(H2,21,23,27). The van der Waals surface area contributed by atoms with Crippen LogP contribution in [0.5, 0.6) is 11.5 Å². The van der Waals surface area contributed by atoms with Crippen LogP contribution in [0.15, 0.2) is 60.7 Å². The van der Waals surface area contributed by atoms with E-state index >= 15 is 0 Å². The lowest BCUT2D eigenvalue weighted by Gasteiger charge is -2.13. The molecule has 0 radical (unpaired) electrons. The van der Waals surface area contributed by atoms with Crippen molar-refractivity contribution in [2.45, 2.75) is 6.54 Å². The zero-order valence-electron chi connectivity index (χ0n) is 14.7. The van der Waals surface area contributed by atoms with Crippen LogP contribution < -0.4 is 20.9 Å². The number of hydrogen-bond donors (Lipinski definition) is 4. The van der Waals surface area contributed by atoms with E-state index < -0.39 is 5.91 Å². The van der Waals surface area contributed by atoms with E-state index in [0.717, 1.165) is 22.1 Å². The molecule has 0 aliphatic heterocycles. The van der Waals surface area contributed by atoms with Crippen LogP contribution in [-0.4, -0.2) is 23.2 Å². The summed E-state index contributed by atoms with van der Waals surface area (Å²) in [6.07, 6.45) is 0. The highest BCUT2D eigenvalue weighted by molar-refractivity contribution is 7.80. The largest absolute Gasteiger partial charge is 0.507 e. The van der Waals surface area contributed by atoms with Crippen molar-refractivity contribution >= 4 is 34.0 Å². The second-order valence-electron chi connectivity index (χ2n) is 5.83. The predicted molar refractivity (Wildman–Crippen MR) is 109 cm³/mol. The number of phenolic OH excluding ortho intramolecular Hbond substituents is 1. The van der Waals surface area contributed by atoms with Gasteiger partial charge in [0.05, 0.1) is 12.7 Å². The zero-order valence-corrected chi connectivity index (χ0v) is 15.5. The Morgan fingerprint density at radius 2 is 1.70 bits per heavy atom. The molecule has 0 aliphatic carbocycles. The van der Waals surface area contributed by atoms with Crippen LogP contribution in [-0.2, 0) is 6.54 Å². The van der Waals surface area contributed by atoms with E-state index in [1.165, 1.54) is 0 Å². The summed E-state index contributed by atoms with van der Waals surface area (Å²) in [6.45, 7) is 0.493. The number of thiocarbonyl (C=S) groups is 1. The Kier molecular flexibility index (Phi) is 5.73. The number of carbonyl (C=O) groups is 1. The van der Waals surface area contributed by atoms with Crippen LogP contribution in [0.3, 0.4) is 0 Å². The van der Waals surface area contributed by atoms with E-state index in [0.29, 0.717) is 6.54 Å². The molecule has 0 saturated heterocycles. The Bertz CT molecular complexity index is 974. The average molecular weight is 381 g/mol. The van der Waals surface area contributed by atoms with Crippen molar-refractivity contribution in [1.82, 2.24) is 16.2 Å². The second kappa shape index (κ2) is 8.37. The summed E-state index contributed by atoms with van der Waals surface area (Å²) in [4.78, 5) is 12.3. The van der Waals surface area contributed by atoms with Crippen molar-refractivity contribution in [1.29, 1.82) is 0 Å². The number of rotatable bonds is 4. The van der Waals surface area contributed by atoms with Crippen molar-refractivity contribution < 1.29 is 14.6 Å². The molecule has 7 heteroatoms. The number of amides is 1. The first kappa shape index (κ1) is 18.5. The first-order valence-electron chi connectivity index (χ1n) is 8.25. The molecule has 3 rings (SSSR count). The van der Waals surface area contributed by atoms with Gasteiger partial charge in [0.1, 0.15) is 11.5 Å². The zero-order chi connectivity index (χ0) is 19.2. The molecular weight excluding hydrogens is 362 g/mol. The van der Waals surface area contributed by atoms with Crippen LogP contribution in [0, 0.1) is 0 Å². The topological polar surface area (TPSA) is 82.6 Å². The van der Waals surface area contributed by atoms with Gasteiger partial charge in [0.15, 0.2) is 5.11 Å². The van der Waals surface area contributed by atoms with Crippen molar-refractivity contribution in [2.75, 3.05) is 7.11 Å². The van der Waals surface area contributed by atoms with E-state index in [9.17, 15) is 9.90 Å². The molecule has 0 aliphatic rings. The summed E-state index contributed by atoms with van der Waals surface area (Å²) in [5.41, 5.74) is 6.30. The van der Waals surface area contributed by atoms with E-state index in [2.05, 4.69) is 16.2 Å². The van der Waals surface area contributed by atoms with Gasteiger partial charge in [-0.15, -0.1) is 0 Å². The molecule has 0 spiro atoms. The Labute approximate surface area is 162 Å². The van der Waals surface area contributed by atoms with Crippen LogP contribution in [0.2, 0.25) is 0 Å². The van der Waals surface area contributed by atoms with Gasteiger partial charge in [-0.25, -0.2) is 0 Å². The van der Waals surface area contributed by atoms with Crippen molar-refractivity contribution in [2.24, 2.45) is 0 Å². The second-order valence-corrected chi connectivity index (χ2v) is 6.23. The molecule has 0 heterocycles. The summed E-state index contributed by atoms with van der Waals surface area (Å²) in [5, 5.41) is 15.1. The number of hydrogen-bond acceptors (Lipinski definition) is 4. The first-order valence-corrected chi connectivity index (χ1v) is 8.66. The number of nitrogens with one attached hydrogen (secondary N) is 3. The lowest BCUT2D eigenvalue weighted by molar-refractivity contribution is 0.0941. The molecule has 1 amide bonds. The van der Waals surface area contributed by atoms with Gasteiger partial charge in [0, 0.05) is 6.54 Å². The van der Waals surface area contributed by atoms with Crippen molar-refractivity contribution in [3.05, 3.63) is 71.8 Å². The third-order valence-electron chi connectivity index (χ3n) is 4.01. The first-order chi connectivity index (χ1) is 13.1. The van der Waals surface area contributed by atoms with E-state index in [4.69, 9.17) is 17.0 Å². The molecule has 0 atom stereocenters.